The zero-order chi connectivity index (χ0) is 22.5. The predicted octanol–water partition coefficient (Wildman–Crippen LogP) is 4.22. The summed E-state index contributed by atoms with van der Waals surface area (Å²) in [5.41, 5.74) is 3.45. The number of benzene rings is 2. The van der Waals surface area contributed by atoms with Crippen molar-refractivity contribution in [3.63, 3.8) is 0 Å². The van der Waals surface area contributed by atoms with Crippen LogP contribution in [0.15, 0.2) is 65.5 Å². The molecule has 4 aromatic rings. The summed E-state index contributed by atoms with van der Waals surface area (Å²) in [6, 6.07) is 20.0. The smallest absolute Gasteiger partial charge is 0.262 e. The lowest BCUT2D eigenvalue weighted by Gasteiger charge is -2.21. The van der Waals surface area contributed by atoms with Crippen molar-refractivity contribution in [1.82, 2.24) is 19.7 Å². The molecule has 32 heavy (non-hydrogen) atoms. The number of hydrogen-bond donors (Lipinski definition) is 2. The molecule has 2 aromatic heterocycles. The van der Waals surface area contributed by atoms with Crippen LogP contribution < -0.4 is 5.56 Å². The molecule has 0 aliphatic heterocycles. The predicted molar refractivity (Wildman–Crippen MR) is 127 cm³/mol. The highest BCUT2D eigenvalue weighted by Crippen LogP contribution is 2.25. The van der Waals surface area contributed by atoms with E-state index in [1.165, 1.54) is 5.56 Å². The van der Waals surface area contributed by atoms with Gasteiger partial charge in [-0.05, 0) is 43.7 Å². The van der Waals surface area contributed by atoms with Crippen molar-refractivity contribution in [2.75, 3.05) is 0 Å². The summed E-state index contributed by atoms with van der Waals surface area (Å²) in [6.07, 6.45) is 3.13. The molecule has 0 fully saturated rings. The number of aromatic nitrogens is 4. The average Bonchev–Trinajstić information content (AvgIpc) is 3.16. The Morgan fingerprint density at radius 3 is 2.31 bits per heavy atom. The van der Waals surface area contributed by atoms with E-state index >= 15 is 0 Å². The monoisotopic (exact) mass is 430 g/mol. The van der Waals surface area contributed by atoms with Crippen LogP contribution in [-0.4, -0.2) is 31.0 Å². The molecule has 0 amide bonds. The molecular formula is C26H30N4O2. The number of hydrogen-bond acceptors (Lipinski definition) is 4. The minimum Gasteiger partial charge on any atom is -0.391 e. The standard InChI is InChI=1S/C26H30N4O2/c1-3-21-24-25(27-23(28-26(24)32)17-20-13-8-5-9-14-20)30(29-21)22(18(2)31)16-10-15-19-11-6-4-7-12-19/h4-9,11-14,18,22,31H,3,10,15-17H2,1-2H3,(H,27,28,32). The SMILES string of the molecule is CCc1nn(C(CCCc2ccccc2)C(C)O)c2nc(Cc3ccccc3)[nH]c(=O)c12. The third-order valence-electron chi connectivity index (χ3n) is 5.91. The zero-order valence-corrected chi connectivity index (χ0v) is 18.7. The van der Waals surface area contributed by atoms with Gasteiger partial charge in [0, 0.05) is 6.42 Å². The number of aryl methyl sites for hydroxylation is 2. The minimum absolute atomic E-state index is 0.169. The van der Waals surface area contributed by atoms with Gasteiger partial charge in [0.1, 0.15) is 11.2 Å². The van der Waals surface area contributed by atoms with E-state index in [1.807, 2.05) is 55.5 Å². The van der Waals surface area contributed by atoms with Gasteiger partial charge in [-0.25, -0.2) is 9.67 Å². The van der Waals surface area contributed by atoms with Crippen molar-refractivity contribution in [3.05, 3.63) is 93.7 Å². The molecule has 2 unspecified atom stereocenters. The van der Waals surface area contributed by atoms with E-state index < -0.39 is 6.10 Å². The summed E-state index contributed by atoms with van der Waals surface area (Å²) in [5, 5.41) is 15.9. The molecule has 2 N–H and O–H groups in total. The maximum atomic E-state index is 13.0. The van der Waals surface area contributed by atoms with Crippen LogP contribution in [0.5, 0.6) is 0 Å². The van der Waals surface area contributed by atoms with Crippen LogP contribution in [-0.2, 0) is 19.3 Å². The third-order valence-corrected chi connectivity index (χ3v) is 5.91. The van der Waals surface area contributed by atoms with Gasteiger partial charge in [0.05, 0.1) is 17.8 Å². The van der Waals surface area contributed by atoms with Gasteiger partial charge in [0.2, 0.25) is 0 Å². The Bertz CT molecular complexity index is 1210. The zero-order valence-electron chi connectivity index (χ0n) is 18.7. The van der Waals surface area contributed by atoms with E-state index in [4.69, 9.17) is 10.1 Å². The van der Waals surface area contributed by atoms with Gasteiger partial charge in [0.25, 0.3) is 5.56 Å². The normalized spacial score (nSPS) is 13.3. The molecule has 0 spiro atoms. The summed E-state index contributed by atoms with van der Waals surface area (Å²) in [5.74, 6) is 0.603. The van der Waals surface area contributed by atoms with Gasteiger partial charge in [-0.15, -0.1) is 0 Å². The van der Waals surface area contributed by atoms with Gasteiger partial charge in [-0.3, -0.25) is 4.79 Å². The van der Waals surface area contributed by atoms with Gasteiger partial charge in [-0.1, -0.05) is 67.6 Å². The summed E-state index contributed by atoms with van der Waals surface area (Å²) in [7, 11) is 0. The second-order valence-electron chi connectivity index (χ2n) is 8.30. The Kier molecular flexibility index (Phi) is 6.81. The summed E-state index contributed by atoms with van der Waals surface area (Å²) in [4.78, 5) is 20.7. The fraction of sp³-hybridized carbons (Fsp3) is 0.346. The Labute approximate surface area is 188 Å². The molecule has 6 heteroatoms. The number of rotatable bonds is 9. The Morgan fingerprint density at radius 1 is 1.03 bits per heavy atom. The van der Waals surface area contributed by atoms with Crippen LogP contribution in [0.3, 0.4) is 0 Å². The maximum Gasteiger partial charge on any atom is 0.262 e. The van der Waals surface area contributed by atoms with Crippen LogP contribution in [0.2, 0.25) is 0 Å². The van der Waals surface area contributed by atoms with E-state index in [0.29, 0.717) is 35.4 Å². The summed E-state index contributed by atoms with van der Waals surface area (Å²) in [6.45, 7) is 3.76. The molecule has 6 nitrogen and oxygen atoms in total. The van der Waals surface area contributed by atoms with E-state index in [2.05, 4.69) is 17.1 Å². The molecule has 0 aliphatic rings. The molecule has 4 rings (SSSR count). The highest BCUT2D eigenvalue weighted by atomic mass is 16.3. The topological polar surface area (TPSA) is 83.8 Å². The van der Waals surface area contributed by atoms with Crippen LogP contribution in [0.4, 0.5) is 0 Å². The first-order valence-corrected chi connectivity index (χ1v) is 11.3. The number of nitrogens with zero attached hydrogens (tertiary/aromatic N) is 3. The lowest BCUT2D eigenvalue weighted by Crippen LogP contribution is -2.24. The van der Waals surface area contributed by atoms with Crippen molar-refractivity contribution < 1.29 is 5.11 Å². The largest absolute Gasteiger partial charge is 0.391 e. The number of H-pyrrole nitrogens is 1. The van der Waals surface area contributed by atoms with Crippen molar-refractivity contribution in [2.24, 2.45) is 0 Å². The lowest BCUT2D eigenvalue weighted by atomic mass is 10.0. The third kappa shape index (κ3) is 4.81. The number of aliphatic hydroxyl groups is 1. The van der Waals surface area contributed by atoms with Crippen LogP contribution in [0, 0.1) is 0 Å². The molecule has 2 aromatic carbocycles. The Morgan fingerprint density at radius 2 is 1.69 bits per heavy atom. The molecule has 166 valence electrons. The van der Waals surface area contributed by atoms with Gasteiger partial charge < -0.3 is 10.1 Å². The van der Waals surface area contributed by atoms with E-state index in [-0.39, 0.29) is 11.6 Å². The molecule has 0 bridgehead atoms. The average molecular weight is 431 g/mol. The van der Waals surface area contributed by atoms with Crippen molar-refractivity contribution in [1.29, 1.82) is 0 Å². The summed E-state index contributed by atoms with van der Waals surface area (Å²) >= 11 is 0. The van der Waals surface area contributed by atoms with Crippen LogP contribution in [0.1, 0.15) is 55.4 Å². The first-order chi connectivity index (χ1) is 15.6. The molecule has 2 heterocycles. The van der Waals surface area contributed by atoms with Gasteiger partial charge in [0.15, 0.2) is 5.65 Å². The number of fused-ring (bicyclic) bond motifs is 1. The quantitative estimate of drug-likeness (QED) is 0.416. The van der Waals surface area contributed by atoms with E-state index in [9.17, 15) is 9.90 Å². The highest BCUT2D eigenvalue weighted by molar-refractivity contribution is 5.77. The molecule has 0 aliphatic carbocycles. The number of aliphatic hydroxyl groups excluding tert-OH is 1. The first kappa shape index (κ1) is 22.0. The molecule has 0 saturated carbocycles. The second kappa shape index (κ2) is 9.92. The number of nitrogens with one attached hydrogen (secondary N) is 1. The minimum atomic E-state index is -0.614. The van der Waals surface area contributed by atoms with E-state index in [1.54, 1.807) is 11.6 Å². The maximum absolute atomic E-state index is 13.0. The van der Waals surface area contributed by atoms with Crippen LogP contribution in [0.25, 0.3) is 11.0 Å². The van der Waals surface area contributed by atoms with Crippen molar-refractivity contribution in [3.8, 4) is 0 Å². The molecular weight excluding hydrogens is 400 g/mol. The fourth-order valence-electron chi connectivity index (χ4n) is 4.24. The number of aromatic amines is 1. The fourth-order valence-corrected chi connectivity index (χ4v) is 4.24. The van der Waals surface area contributed by atoms with Gasteiger partial charge in [-0.2, -0.15) is 5.10 Å². The second-order valence-corrected chi connectivity index (χ2v) is 8.30. The summed E-state index contributed by atoms with van der Waals surface area (Å²) < 4.78 is 1.79. The Hall–Kier alpha value is -3.25. The van der Waals surface area contributed by atoms with Gasteiger partial charge >= 0.3 is 0 Å². The van der Waals surface area contributed by atoms with Crippen molar-refractivity contribution >= 4 is 11.0 Å². The molecule has 0 saturated heterocycles. The highest BCUT2D eigenvalue weighted by Gasteiger charge is 2.24. The molecule has 0 radical (unpaired) electrons. The van der Waals surface area contributed by atoms with Crippen LogP contribution >= 0.6 is 0 Å². The first-order valence-electron chi connectivity index (χ1n) is 11.3. The van der Waals surface area contributed by atoms with E-state index in [0.717, 1.165) is 24.8 Å². The van der Waals surface area contributed by atoms with Crippen molar-refractivity contribution in [2.45, 2.75) is 58.1 Å². The Balaban J connectivity index is 1.67. The molecule has 2 atom stereocenters. The lowest BCUT2D eigenvalue weighted by molar-refractivity contribution is 0.118.